The molecule has 0 N–H and O–H groups in total. The van der Waals surface area contributed by atoms with Gasteiger partial charge >= 0.3 is 0 Å². The topological polar surface area (TPSA) is 9.23 Å². The molecular weight excluding hydrogens is 148 g/mol. The summed E-state index contributed by atoms with van der Waals surface area (Å²) in [6.45, 7) is 9.84. The van der Waals surface area contributed by atoms with E-state index in [0.29, 0.717) is 5.92 Å². The summed E-state index contributed by atoms with van der Waals surface area (Å²) < 4.78 is 5.55. The van der Waals surface area contributed by atoms with E-state index in [1.54, 1.807) is 0 Å². The van der Waals surface area contributed by atoms with Crippen LogP contribution in [0.4, 0.5) is 0 Å². The first-order chi connectivity index (χ1) is 5.59. The van der Waals surface area contributed by atoms with E-state index >= 15 is 0 Å². The smallest absolute Gasteiger partial charge is 0.123 e. The van der Waals surface area contributed by atoms with Crippen LogP contribution in [0, 0.1) is 5.92 Å². The van der Waals surface area contributed by atoms with Crippen LogP contribution in [0.2, 0.25) is 0 Å². The molecule has 0 saturated carbocycles. The zero-order valence-electron chi connectivity index (χ0n) is 8.00. The fraction of sp³-hybridized carbons (Fsp3) is 0.455. The fourth-order valence-electron chi connectivity index (χ4n) is 1.25. The SMILES string of the molecule is C=C(C)OC1C=C(C)C=CC1C. The molecule has 1 rings (SSSR count). The molecule has 0 spiro atoms. The van der Waals surface area contributed by atoms with Crippen molar-refractivity contribution in [1.29, 1.82) is 0 Å². The Bertz CT molecular complexity index is 235. The highest BCUT2D eigenvalue weighted by Gasteiger charge is 2.16. The van der Waals surface area contributed by atoms with Crippen LogP contribution in [0.25, 0.3) is 0 Å². The van der Waals surface area contributed by atoms with E-state index in [4.69, 9.17) is 4.74 Å². The monoisotopic (exact) mass is 164 g/mol. The molecule has 0 fully saturated rings. The minimum absolute atomic E-state index is 0.174. The molecule has 12 heavy (non-hydrogen) atoms. The van der Waals surface area contributed by atoms with Crippen LogP contribution in [-0.4, -0.2) is 6.10 Å². The first-order valence-corrected chi connectivity index (χ1v) is 4.28. The zero-order valence-corrected chi connectivity index (χ0v) is 8.00. The molecule has 0 aromatic rings. The first-order valence-electron chi connectivity index (χ1n) is 4.28. The minimum atomic E-state index is 0.174. The molecule has 0 aromatic carbocycles. The second-order valence-corrected chi connectivity index (χ2v) is 3.41. The van der Waals surface area contributed by atoms with Crippen LogP contribution in [-0.2, 0) is 4.74 Å². The lowest BCUT2D eigenvalue weighted by Gasteiger charge is -2.23. The number of rotatable bonds is 2. The second-order valence-electron chi connectivity index (χ2n) is 3.41. The number of hydrogen-bond donors (Lipinski definition) is 0. The van der Waals surface area contributed by atoms with E-state index in [-0.39, 0.29) is 6.10 Å². The van der Waals surface area contributed by atoms with Gasteiger partial charge in [-0.15, -0.1) is 0 Å². The Balaban J connectivity index is 2.64. The van der Waals surface area contributed by atoms with Crippen LogP contribution in [0.3, 0.4) is 0 Å². The summed E-state index contributed by atoms with van der Waals surface area (Å²) in [6, 6.07) is 0. The molecule has 1 aliphatic carbocycles. The van der Waals surface area contributed by atoms with Crippen molar-refractivity contribution in [1.82, 2.24) is 0 Å². The lowest BCUT2D eigenvalue weighted by Crippen LogP contribution is -2.19. The quantitative estimate of drug-likeness (QED) is 0.570. The molecule has 0 aliphatic heterocycles. The normalized spacial score (nSPS) is 28.1. The molecule has 0 radical (unpaired) electrons. The molecular formula is C11H16O. The molecule has 2 unspecified atom stereocenters. The van der Waals surface area contributed by atoms with Gasteiger partial charge in [-0.25, -0.2) is 0 Å². The molecule has 0 amide bonds. The Labute approximate surface area is 74.4 Å². The highest BCUT2D eigenvalue weighted by molar-refractivity contribution is 5.24. The largest absolute Gasteiger partial charge is 0.491 e. The summed E-state index contributed by atoms with van der Waals surface area (Å²) in [4.78, 5) is 0. The summed E-state index contributed by atoms with van der Waals surface area (Å²) >= 11 is 0. The molecule has 1 heteroatoms. The van der Waals surface area contributed by atoms with Gasteiger partial charge in [-0.1, -0.05) is 31.2 Å². The van der Waals surface area contributed by atoms with Gasteiger partial charge in [0.15, 0.2) is 0 Å². The van der Waals surface area contributed by atoms with Crippen molar-refractivity contribution in [2.45, 2.75) is 26.9 Å². The molecule has 0 saturated heterocycles. The molecule has 2 atom stereocenters. The summed E-state index contributed by atoms with van der Waals surface area (Å²) in [5.74, 6) is 1.23. The lowest BCUT2D eigenvalue weighted by atomic mass is 9.96. The maximum absolute atomic E-state index is 5.55. The average Bonchev–Trinajstić information content (AvgIpc) is 1.96. The predicted octanol–water partition coefficient (Wildman–Crippen LogP) is 3.06. The van der Waals surface area contributed by atoms with Gasteiger partial charge in [0, 0.05) is 5.92 Å². The molecule has 1 nitrogen and oxygen atoms in total. The van der Waals surface area contributed by atoms with Crippen molar-refractivity contribution in [2.75, 3.05) is 0 Å². The number of ether oxygens (including phenoxy) is 1. The Kier molecular flexibility index (Phi) is 2.74. The summed E-state index contributed by atoms with van der Waals surface area (Å²) in [7, 11) is 0. The second kappa shape index (κ2) is 3.61. The van der Waals surface area contributed by atoms with Crippen LogP contribution in [0.15, 0.2) is 36.1 Å². The zero-order chi connectivity index (χ0) is 9.14. The van der Waals surface area contributed by atoms with Crippen LogP contribution >= 0.6 is 0 Å². The Hall–Kier alpha value is -0.980. The van der Waals surface area contributed by atoms with Gasteiger partial charge in [0.1, 0.15) is 6.10 Å². The van der Waals surface area contributed by atoms with Crippen molar-refractivity contribution in [2.24, 2.45) is 5.92 Å². The summed E-state index contributed by atoms with van der Waals surface area (Å²) in [6.07, 6.45) is 6.61. The van der Waals surface area contributed by atoms with E-state index in [2.05, 4.69) is 38.7 Å². The maximum atomic E-state index is 5.55. The Morgan fingerprint density at radius 1 is 1.58 bits per heavy atom. The predicted molar refractivity (Wildman–Crippen MR) is 51.7 cm³/mol. The highest BCUT2D eigenvalue weighted by Crippen LogP contribution is 2.20. The van der Waals surface area contributed by atoms with Gasteiger partial charge in [0.25, 0.3) is 0 Å². The van der Waals surface area contributed by atoms with Gasteiger partial charge < -0.3 is 4.74 Å². The molecule has 0 heterocycles. The van der Waals surface area contributed by atoms with E-state index in [9.17, 15) is 0 Å². The molecule has 1 aliphatic rings. The Morgan fingerprint density at radius 2 is 2.25 bits per heavy atom. The standard InChI is InChI=1S/C11H16O/c1-8(2)12-11-7-9(3)5-6-10(11)4/h5-7,10-11H,1H2,2-4H3. The van der Waals surface area contributed by atoms with Crippen LogP contribution in [0.1, 0.15) is 20.8 Å². The van der Waals surface area contributed by atoms with Crippen LogP contribution < -0.4 is 0 Å². The third-order valence-corrected chi connectivity index (χ3v) is 1.95. The Morgan fingerprint density at radius 3 is 2.83 bits per heavy atom. The number of allylic oxidation sites excluding steroid dienone is 3. The third-order valence-electron chi connectivity index (χ3n) is 1.95. The minimum Gasteiger partial charge on any atom is -0.491 e. The van der Waals surface area contributed by atoms with Crippen molar-refractivity contribution in [3.05, 3.63) is 36.1 Å². The van der Waals surface area contributed by atoms with Crippen LogP contribution in [0.5, 0.6) is 0 Å². The van der Waals surface area contributed by atoms with Crippen molar-refractivity contribution < 1.29 is 4.74 Å². The van der Waals surface area contributed by atoms with Gasteiger partial charge in [-0.3, -0.25) is 0 Å². The first kappa shape index (κ1) is 9.11. The van der Waals surface area contributed by atoms with Crippen molar-refractivity contribution in [3.63, 3.8) is 0 Å². The molecule has 0 bridgehead atoms. The van der Waals surface area contributed by atoms with Crippen molar-refractivity contribution in [3.8, 4) is 0 Å². The van der Waals surface area contributed by atoms with Gasteiger partial charge in [-0.05, 0) is 19.9 Å². The fourth-order valence-corrected chi connectivity index (χ4v) is 1.25. The van der Waals surface area contributed by atoms with Gasteiger partial charge in [0.05, 0.1) is 5.76 Å². The van der Waals surface area contributed by atoms with E-state index in [1.807, 2.05) is 6.92 Å². The lowest BCUT2D eigenvalue weighted by molar-refractivity contribution is 0.126. The number of hydrogen-bond acceptors (Lipinski definition) is 1. The van der Waals surface area contributed by atoms with E-state index in [0.717, 1.165) is 5.76 Å². The highest BCUT2D eigenvalue weighted by atomic mass is 16.5. The summed E-state index contributed by atoms with van der Waals surface area (Å²) in [5, 5.41) is 0. The van der Waals surface area contributed by atoms with E-state index in [1.165, 1.54) is 5.57 Å². The summed E-state index contributed by atoms with van der Waals surface area (Å²) in [5.41, 5.74) is 1.26. The molecule has 0 aromatic heterocycles. The van der Waals surface area contributed by atoms with Crippen molar-refractivity contribution >= 4 is 0 Å². The third kappa shape index (κ3) is 2.26. The van der Waals surface area contributed by atoms with Gasteiger partial charge in [0.2, 0.25) is 0 Å². The van der Waals surface area contributed by atoms with E-state index < -0.39 is 0 Å². The molecule has 66 valence electrons. The van der Waals surface area contributed by atoms with Gasteiger partial charge in [-0.2, -0.15) is 0 Å². The maximum Gasteiger partial charge on any atom is 0.123 e. The average molecular weight is 164 g/mol.